The minimum absolute atomic E-state index is 0.0736. The van der Waals surface area contributed by atoms with Crippen molar-refractivity contribution >= 4 is 63.9 Å². The standard InChI is InChI=1S/C36H25Cl2F6N3O6/c37-35-14-20-17(8-9-18-22(20)32(50)46(31(18)49)16-6-4-15(5-7-16)45-10-12-53-13-11-45)23(19-2-1-3-21(39)30(19)48)36(35,38)34(52)47(33(35)51)29-27(43)25(41)24(40)26(42)28(29)44/h1-8,18,20,22-23,48H,9-14H2. The number of imide groups is 2. The number of carbonyl (C=O) groups excluding carboxylic acids is 4. The molecule has 17 heteroatoms. The van der Waals surface area contributed by atoms with E-state index in [0.717, 1.165) is 28.8 Å². The van der Waals surface area contributed by atoms with Crippen molar-refractivity contribution in [3.8, 4) is 5.75 Å². The number of para-hydroxylation sites is 1. The van der Waals surface area contributed by atoms with Crippen molar-refractivity contribution in [2.75, 3.05) is 41.0 Å². The molecule has 4 fully saturated rings. The maximum atomic E-state index is 15.2. The molecule has 3 aliphatic heterocycles. The fourth-order valence-electron chi connectivity index (χ4n) is 8.57. The second-order valence-electron chi connectivity index (χ2n) is 13.5. The second-order valence-corrected chi connectivity index (χ2v) is 14.7. The second kappa shape index (κ2) is 12.2. The first-order valence-electron chi connectivity index (χ1n) is 16.4. The highest BCUT2D eigenvalue weighted by Crippen LogP contribution is 2.67. The topological polar surface area (TPSA) is 107 Å². The molecule has 0 spiro atoms. The molecule has 3 heterocycles. The summed E-state index contributed by atoms with van der Waals surface area (Å²) in [5, 5.41) is 11.0. The third kappa shape index (κ3) is 4.69. The number of fused-ring (bicyclic) bond motifs is 4. The normalized spacial score (nSPS) is 29.7. The number of morpholine rings is 1. The van der Waals surface area contributed by atoms with Crippen molar-refractivity contribution in [3.63, 3.8) is 0 Å². The van der Waals surface area contributed by atoms with E-state index in [1.807, 2.05) is 0 Å². The van der Waals surface area contributed by atoms with Gasteiger partial charge in [-0.1, -0.05) is 23.8 Å². The number of halogens is 8. The minimum Gasteiger partial charge on any atom is -0.505 e. The Morgan fingerprint density at radius 1 is 0.736 bits per heavy atom. The lowest BCUT2D eigenvalue weighted by molar-refractivity contribution is -0.125. The summed E-state index contributed by atoms with van der Waals surface area (Å²) in [5.41, 5.74) is -1.23. The van der Waals surface area contributed by atoms with Crippen LogP contribution < -0.4 is 14.7 Å². The molecule has 3 aromatic carbocycles. The van der Waals surface area contributed by atoms with Crippen LogP contribution in [-0.4, -0.2) is 64.8 Å². The van der Waals surface area contributed by atoms with Gasteiger partial charge in [0.1, 0.15) is 5.69 Å². The number of alkyl halides is 2. The van der Waals surface area contributed by atoms with Gasteiger partial charge in [-0.15, -0.1) is 23.2 Å². The molecular weight excluding hydrogens is 755 g/mol. The smallest absolute Gasteiger partial charge is 0.258 e. The fraction of sp³-hybridized carbons (Fsp3) is 0.333. The van der Waals surface area contributed by atoms with Gasteiger partial charge in [-0.3, -0.25) is 24.1 Å². The van der Waals surface area contributed by atoms with Crippen LogP contribution in [0.5, 0.6) is 5.75 Å². The van der Waals surface area contributed by atoms with Gasteiger partial charge in [-0.05, 0) is 49.1 Å². The highest BCUT2D eigenvalue weighted by atomic mass is 35.5. The first-order valence-corrected chi connectivity index (χ1v) is 17.2. The summed E-state index contributed by atoms with van der Waals surface area (Å²) in [6.07, 6.45) is 0.592. The number of nitrogens with zero attached hydrogens (tertiary/aromatic N) is 3. The molecule has 1 N–H and O–H groups in total. The zero-order valence-electron chi connectivity index (χ0n) is 27.0. The first kappa shape index (κ1) is 35.4. The number of rotatable bonds is 4. The number of phenolic OH excluding ortho intramolecular Hbond substituents is 1. The molecule has 3 aromatic rings. The molecule has 1 saturated carbocycles. The molecule has 2 aliphatic carbocycles. The minimum atomic E-state index is -2.90. The largest absolute Gasteiger partial charge is 0.505 e. The van der Waals surface area contributed by atoms with Crippen LogP contribution in [-0.2, 0) is 23.9 Å². The predicted octanol–water partition coefficient (Wildman–Crippen LogP) is 5.83. The average molecular weight is 781 g/mol. The monoisotopic (exact) mass is 779 g/mol. The molecule has 3 saturated heterocycles. The molecule has 6 atom stereocenters. The van der Waals surface area contributed by atoms with Gasteiger partial charge in [-0.2, -0.15) is 0 Å². The van der Waals surface area contributed by atoms with E-state index in [-0.39, 0.29) is 22.6 Å². The van der Waals surface area contributed by atoms with E-state index in [9.17, 15) is 41.8 Å². The van der Waals surface area contributed by atoms with Gasteiger partial charge in [0.25, 0.3) is 11.8 Å². The van der Waals surface area contributed by atoms with Crippen LogP contribution in [0, 0.1) is 52.7 Å². The first-order chi connectivity index (χ1) is 25.1. The SMILES string of the molecule is O=C1C2CC=C3C(CC4(Cl)C(=O)N(c5c(F)c(F)c(F)c(F)c5F)C(=O)C4(Cl)C3c3cccc(F)c3O)C2C(=O)N1c1ccc(N2CCOCC2)cc1. The molecule has 8 rings (SSSR count). The summed E-state index contributed by atoms with van der Waals surface area (Å²) in [7, 11) is 0. The Balaban J connectivity index is 1.25. The van der Waals surface area contributed by atoms with Crippen LogP contribution in [0.2, 0.25) is 0 Å². The maximum Gasteiger partial charge on any atom is 0.258 e. The van der Waals surface area contributed by atoms with Crippen molar-refractivity contribution in [1.29, 1.82) is 0 Å². The molecule has 5 aliphatic rings. The highest BCUT2D eigenvalue weighted by Gasteiger charge is 2.77. The Bertz CT molecular complexity index is 2160. The lowest BCUT2D eigenvalue weighted by Gasteiger charge is -2.50. The summed E-state index contributed by atoms with van der Waals surface area (Å²) in [5.74, 6) is -24.9. The third-order valence-electron chi connectivity index (χ3n) is 11.0. The van der Waals surface area contributed by atoms with E-state index >= 15 is 8.78 Å². The number of ether oxygens (including phenoxy) is 1. The predicted molar refractivity (Wildman–Crippen MR) is 176 cm³/mol. The summed E-state index contributed by atoms with van der Waals surface area (Å²) >= 11 is 14.1. The summed E-state index contributed by atoms with van der Waals surface area (Å²) < 4.78 is 93.7. The summed E-state index contributed by atoms with van der Waals surface area (Å²) in [6.45, 7) is 2.32. The van der Waals surface area contributed by atoms with E-state index in [2.05, 4.69) is 4.90 Å². The van der Waals surface area contributed by atoms with Gasteiger partial charge in [0.15, 0.2) is 44.6 Å². The number of hydrogen-bond acceptors (Lipinski definition) is 7. The molecule has 0 radical (unpaired) electrons. The van der Waals surface area contributed by atoms with Crippen LogP contribution in [0.25, 0.3) is 0 Å². The van der Waals surface area contributed by atoms with Crippen molar-refractivity contribution in [1.82, 2.24) is 0 Å². The average Bonchev–Trinajstić information content (AvgIpc) is 3.49. The molecule has 53 heavy (non-hydrogen) atoms. The number of allylic oxidation sites excluding steroid dienone is 2. The Hall–Kier alpha value is -4.60. The molecule has 9 nitrogen and oxygen atoms in total. The van der Waals surface area contributed by atoms with Crippen molar-refractivity contribution < 1.29 is 55.4 Å². The van der Waals surface area contributed by atoms with E-state index in [1.165, 1.54) is 6.08 Å². The van der Waals surface area contributed by atoms with Gasteiger partial charge in [0.2, 0.25) is 17.6 Å². The number of hydrogen-bond donors (Lipinski definition) is 1. The van der Waals surface area contributed by atoms with Crippen LogP contribution in [0.4, 0.5) is 43.4 Å². The van der Waals surface area contributed by atoms with Gasteiger partial charge in [-0.25, -0.2) is 31.2 Å². The van der Waals surface area contributed by atoms with Crippen LogP contribution in [0.3, 0.4) is 0 Å². The van der Waals surface area contributed by atoms with Crippen LogP contribution in [0.1, 0.15) is 24.3 Å². The molecular formula is C36H25Cl2F6N3O6. The quantitative estimate of drug-likeness (QED) is 0.0888. The van der Waals surface area contributed by atoms with Gasteiger partial charge in [0.05, 0.1) is 30.7 Å². The number of anilines is 3. The Kier molecular flexibility index (Phi) is 8.17. The number of benzene rings is 3. The van der Waals surface area contributed by atoms with Gasteiger partial charge >= 0.3 is 0 Å². The maximum absolute atomic E-state index is 15.2. The van der Waals surface area contributed by atoms with E-state index in [1.54, 1.807) is 24.3 Å². The van der Waals surface area contributed by atoms with Gasteiger partial charge in [0, 0.05) is 30.3 Å². The van der Waals surface area contributed by atoms with E-state index < -0.39 is 115 Å². The van der Waals surface area contributed by atoms with Crippen molar-refractivity contribution in [2.24, 2.45) is 17.8 Å². The summed E-state index contributed by atoms with van der Waals surface area (Å²) in [4.78, 5) is 53.9. The Morgan fingerprint density at radius 3 is 1.98 bits per heavy atom. The summed E-state index contributed by atoms with van der Waals surface area (Å²) in [6, 6.07) is 9.80. The zero-order chi connectivity index (χ0) is 37.9. The number of aromatic hydroxyl groups is 1. The van der Waals surface area contributed by atoms with E-state index in [0.29, 0.717) is 26.3 Å². The fourth-order valence-corrected chi connectivity index (χ4v) is 9.49. The molecule has 0 bridgehead atoms. The molecule has 4 amide bonds. The van der Waals surface area contributed by atoms with Crippen LogP contribution >= 0.6 is 23.2 Å². The molecule has 0 aromatic heterocycles. The number of amides is 4. The molecule has 6 unspecified atom stereocenters. The van der Waals surface area contributed by atoms with Crippen molar-refractivity contribution in [2.45, 2.75) is 28.5 Å². The Morgan fingerprint density at radius 2 is 1.34 bits per heavy atom. The van der Waals surface area contributed by atoms with Crippen LogP contribution in [0.15, 0.2) is 54.1 Å². The zero-order valence-corrected chi connectivity index (χ0v) is 28.5. The molecule has 276 valence electrons. The van der Waals surface area contributed by atoms with Crippen molar-refractivity contribution in [3.05, 3.63) is 94.6 Å². The Labute approximate surface area is 306 Å². The lowest BCUT2D eigenvalue weighted by atomic mass is 9.56. The number of carbonyl (C=O) groups is 4. The highest BCUT2D eigenvalue weighted by molar-refractivity contribution is 6.58. The lowest BCUT2D eigenvalue weighted by Crippen LogP contribution is -2.60. The van der Waals surface area contributed by atoms with Gasteiger partial charge < -0.3 is 14.7 Å². The van der Waals surface area contributed by atoms with E-state index in [4.69, 9.17) is 27.9 Å². The third-order valence-corrected chi connectivity index (χ3v) is 12.4. The number of phenols is 1.